The predicted molar refractivity (Wildman–Crippen MR) is 46.2 cm³/mol. The molecule has 0 aliphatic rings. The van der Waals surface area contributed by atoms with Crippen molar-refractivity contribution in [2.75, 3.05) is 6.26 Å². The summed E-state index contributed by atoms with van der Waals surface area (Å²) in [6, 6.07) is 1.78. The second-order valence-corrected chi connectivity index (χ2v) is 3.22. The van der Waals surface area contributed by atoms with Crippen LogP contribution in [-0.4, -0.2) is 11.2 Å². The van der Waals surface area contributed by atoms with Gasteiger partial charge in [0.15, 0.2) is 0 Å². The molecule has 3 heteroatoms. The summed E-state index contributed by atoms with van der Waals surface area (Å²) in [6.07, 6.45) is 3.23. The van der Waals surface area contributed by atoms with E-state index >= 15 is 0 Å². The summed E-state index contributed by atoms with van der Waals surface area (Å²) in [5, 5.41) is 0. The number of rotatable bonds is 2. The van der Waals surface area contributed by atoms with Gasteiger partial charge in [0.1, 0.15) is 5.82 Å². The first kappa shape index (κ1) is 8.53. The molecule has 1 nitrogen and oxygen atoms in total. The highest BCUT2D eigenvalue weighted by atomic mass is 32.2. The highest BCUT2D eigenvalue weighted by Crippen LogP contribution is 2.13. The molecule has 1 aromatic rings. The van der Waals surface area contributed by atoms with Gasteiger partial charge in [0.2, 0.25) is 0 Å². The number of aryl methyl sites for hydroxylation is 1. The van der Waals surface area contributed by atoms with E-state index in [1.54, 1.807) is 17.8 Å². The van der Waals surface area contributed by atoms with Crippen LogP contribution in [0.1, 0.15) is 11.3 Å². The number of halogens is 1. The summed E-state index contributed by atoms with van der Waals surface area (Å²) in [4.78, 5) is 3.84. The van der Waals surface area contributed by atoms with Gasteiger partial charge in [-0.2, -0.15) is 11.8 Å². The molecular weight excluding hydrogens is 161 g/mol. The van der Waals surface area contributed by atoms with E-state index < -0.39 is 0 Å². The fourth-order valence-electron chi connectivity index (χ4n) is 0.866. The minimum Gasteiger partial charge on any atom is -0.259 e. The van der Waals surface area contributed by atoms with Gasteiger partial charge in [0.25, 0.3) is 0 Å². The minimum absolute atomic E-state index is 0.204. The van der Waals surface area contributed by atoms with Gasteiger partial charge in [-0.15, -0.1) is 0 Å². The molecule has 0 bridgehead atoms. The van der Waals surface area contributed by atoms with Crippen molar-refractivity contribution < 1.29 is 4.39 Å². The molecule has 0 saturated carbocycles. The fraction of sp³-hybridized carbons (Fsp3) is 0.375. The lowest BCUT2D eigenvalue weighted by atomic mass is 10.2. The van der Waals surface area contributed by atoms with Crippen molar-refractivity contribution in [2.45, 2.75) is 12.7 Å². The molecule has 0 amide bonds. The fourth-order valence-corrected chi connectivity index (χ4v) is 1.40. The Labute approximate surface area is 70.0 Å². The van der Waals surface area contributed by atoms with Gasteiger partial charge in [0.05, 0.1) is 6.20 Å². The van der Waals surface area contributed by atoms with Crippen molar-refractivity contribution in [2.24, 2.45) is 0 Å². The third kappa shape index (κ3) is 2.19. The summed E-state index contributed by atoms with van der Waals surface area (Å²) < 4.78 is 12.9. The summed E-state index contributed by atoms with van der Waals surface area (Å²) in [6.45, 7) is 1.86. The Balaban J connectivity index is 2.93. The van der Waals surface area contributed by atoms with Gasteiger partial charge in [-0.25, -0.2) is 4.39 Å². The van der Waals surface area contributed by atoms with Crippen LogP contribution in [0.25, 0.3) is 0 Å². The molecule has 0 atom stereocenters. The molecule has 0 spiro atoms. The second kappa shape index (κ2) is 3.72. The summed E-state index contributed by atoms with van der Waals surface area (Å²) in [7, 11) is 0. The zero-order chi connectivity index (χ0) is 8.27. The van der Waals surface area contributed by atoms with E-state index in [0.29, 0.717) is 0 Å². The van der Waals surface area contributed by atoms with Crippen molar-refractivity contribution >= 4 is 11.8 Å². The van der Waals surface area contributed by atoms with Gasteiger partial charge in [0, 0.05) is 17.0 Å². The third-order valence-electron chi connectivity index (χ3n) is 1.37. The quantitative estimate of drug-likeness (QED) is 0.677. The van der Waals surface area contributed by atoms with Gasteiger partial charge in [-0.05, 0) is 19.2 Å². The Morgan fingerprint density at radius 3 is 3.00 bits per heavy atom. The zero-order valence-corrected chi connectivity index (χ0v) is 7.41. The molecule has 0 radical (unpaired) electrons. The average Bonchev–Trinajstić information content (AvgIpc) is 1.98. The third-order valence-corrected chi connectivity index (χ3v) is 1.97. The molecule has 1 heterocycles. The van der Waals surface area contributed by atoms with E-state index in [-0.39, 0.29) is 5.82 Å². The summed E-state index contributed by atoms with van der Waals surface area (Å²) >= 11 is 1.61. The lowest BCUT2D eigenvalue weighted by Gasteiger charge is -2.00. The van der Waals surface area contributed by atoms with Crippen LogP contribution in [0.5, 0.6) is 0 Å². The second-order valence-electron chi connectivity index (χ2n) is 2.35. The van der Waals surface area contributed by atoms with Crippen molar-refractivity contribution in [3.05, 3.63) is 29.3 Å². The average molecular weight is 171 g/mol. The highest BCUT2D eigenvalue weighted by molar-refractivity contribution is 7.97. The largest absolute Gasteiger partial charge is 0.259 e. The van der Waals surface area contributed by atoms with Crippen molar-refractivity contribution in [3.8, 4) is 0 Å². The monoisotopic (exact) mass is 171 g/mol. The first-order valence-corrected chi connectivity index (χ1v) is 4.73. The Hall–Kier alpha value is -0.570. The van der Waals surface area contributed by atoms with Crippen LogP contribution in [0.2, 0.25) is 0 Å². The van der Waals surface area contributed by atoms with E-state index in [2.05, 4.69) is 4.98 Å². The molecular formula is C8H10FNS. The minimum atomic E-state index is -0.204. The molecule has 1 rings (SSSR count). The lowest BCUT2D eigenvalue weighted by molar-refractivity contribution is 0.609. The Bertz CT molecular complexity index is 250. The molecule has 60 valence electrons. The molecule has 0 aromatic carbocycles. The number of pyridine rings is 1. The molecule has 1 aromatic heterocycles. The van der Waals surface area contributed by atoms with Gasteiger partial charge in [-0.1, -0.05) is 0 Å². The van der Waals surface area contributed by atoms with E-state index in [4.69, 9.17) is 0 Å². The van der Waals surface area contributed by atoms with Gasteiger partial charge in [-0.3, -0.25) is 4.98 Å². The first-order valence-electron chi connectivity index (χ1n) is 3.34. The molecule has 0 unspecified atom stereocenters. The van der Waals surface area contributed by atoms with Crippen LogP contribution in [0.4, 0.5) is 4.39 Å². The van der Waals surface area contributed by atoms with Gasteiger partial charge < -0.3 is 0 Å². The maximum atomic E-state index is 12.9. The van der Waals surface area contributed by atoms with Crippen LogP contribution in [0, 0.1) is 12.7 Å². The zero-order valence-electron chi connectivity index (χ0n) is 6.60. The Morgan fingerprint density at radius 1 is 1.64 bits per heavy atom. The molecule has 0 aliphatic heterocycles. The predicted octanol–water partition coefficient (Wildman–Crippen LogP) is 2.39. The van der Waals surface area contributed by atoms with Crippen molar-refractivity contribution in [3.63, 3.8) is 0 Å². The molecule has 0 aliphatic carbocycles. The number of thioether (sulfide) groups is 1. The maximum Gasteiger partial charge on any atom is 0.145 e. The van der Waals surface area contributed by atoms with E-state index in [9.17, 15) is 4.39 Å². The van der Waals surface area contributed by atoms with Crippen LogP contribution in [0.15, 0.2) is 12.3 Å². The molecule has 0 fully saturated rings. The number of hydrogen-bond donors (Lipinski definition) is 0. The number of hydrogen-bond acceptors (Lipinski definition) is 2. The van der Waals surface area contributed by atoms with Crippen LogP contribution < -0.4 is 0 Å². The number of nitrogens with zero attached hydrogens (tertiary/aromatic N) is 1. The molecule has 0 N–H and O–H groups in total. The summed E-state index contributed by atoms with van der Waals surface area (Å²) in [5.41, 5.74) is 1.61. The standard InChI is InChI=1S/C8H10FNS/c1-6-3-7(5-11-2)8(9)4-10-6/h3-4H,5H2,1-2H3. The highest BCUT2D eigenvalue weighted by Gasteiger charge is 2.00. The SMILES string of the molecule is CSCc1cc(C)ncc1F. The first-order chi connectivity index (χ1) is 5.24. The smallest absolute Gasteiger partial charge is 0.145 e. The lowest BCUT2D eigenvalue weighted by Crippen LogP contribution is -1.91. The van der Waals surface area contributed by atoms with Crippen LogP contribution in [-0.2, 0) is 5.75 Å². The van der Waals surface area contributed by atoms with Crippen molar-refractivity contribution in [1.29, 1.82) is 0 Å². The number of aromatic nitrogens is 1. The van der Waals surface area contributed by atoms with Gasteiger partial charge >= 0.3 is 0 Å². The Morgan fingerprint density at radius 2 is 2.36 bits per heavy atom. The van der Waals surface area contributed by atoms with E-state index in [0.717, 1.165) is 17.0 Å². The maximum absolute atomic E-state index is 12.9. The summed E-state index contributed by atoms with van der Waals surface area (Å²) in [5.74, 6) is 0.514. The van der Waals surface area contributed by atoms with Crippen LogP contribution >= 0.6 is 11.8 Å². The molecule has 0 saturated heterocycles. The molecule has 11 heavy (non-hydrogen) atoms. The topological polar surface area (TPSA) is 12.9 Å². The Kier molecular flexibility index (Phi) is 2.88. The normalized spacial score (nSPS) is 10.1. The van der Waals surface area contributed by atoms with E-state index in [1.807, 2.05) is 13.2 Å². The van der Waals surface area contributed by atoms with Crippen LogP contribution in [0.3, 0.4) is 0 Å². The van der Waals surface area contributed by atoms with E-state index in [1.165, 1.54) is 6.20 Å². The van der Waals surface area contributed by atoms with Crippen molar-refractivity contribution in [1.82, 2.24) is 4.98 Å².